The van der Waals surface area contributed by atoms with Crippen LogP contribution in [0, 0.1) is 11.8 Å². The number of carbonyl (C=O) groups excluding carboxylic acids is 2. The molecule has 0 heterocycles. The van der Waals surface area contributed by atoms with Gasteiger partial charge in [-0.25, -0.2) is 0 Å². The summed E-state index contributed by atoms with van der Waals surface area (Å²) in [4.78, 5) is 24.6. The molecule has 0 unspecified atom stereocenters. The van der Waals surface area contributed by atoms with Crippen LogP contribution in [-0.4, -0.2) is 18.4 Å². The molecule has 3 nitrogen and oxygen atoms in total. The van der Waals surface area contributed by atoms with Crippen LogP contribution in [0.4, 0.5) is 0 Å². The van der Waals surface area contributed by atoms with Gasteiger partial charge in [-0.05, 0) is 43.2 Å². The number of hydrogen-bond acceptors (Lipinski definition) is 3. The molecule has 1 saturated carbocycles. The number of benzene rings is 1. The van der Waals surface area contributed by atoms with Crippen molar-refractivity contribution in [2.75, 3.05) is 6.61 Å². The predicted octanol–water partition coefficient (Wildman–Crippen LogP) is 3.65. The monoisotopic (exact) mass is 298 g/mol. The van der Waals surface area contributed by atoms with Gasteiger partial charge in [0.15, 0.2) is 5.78 Å². The molecule has 2 aliphatic rings. The Morgan fingerprint density at radius 3 is 2.77 bits per heavy atom. The zero-order valence-electron chi connectivity index (χ0n) is 13.0. The second-order valence-corrected chi connectivity index (χ2v) is 6.17. The smallest absolute Gasteiger partial charge is 0.313 e. The molecule has 3 heteroatoms. The Hall–Kier alpha value is -1.90. The summed E-state index contributed by atoms with van der Waals surface area (Å²) in [5.74, 6) is 0.0884. The minimum atomic E-state index is -0.337. The molecule has 0 spiro atoms. The van der Waals surface area contributed by atoms with E-state index in [1.165, 1.54) is 0 Å². The van der Waals surface area contributed by atoms with Crippen molar-refractivity contribution in [3.05, 3.63) is 47.5 Å². The van der Waals surface area contributed by atoms with E-state index in [4.69, 9.17) is 4.74 Å². The lowest BCUT2D eigenvalue weighted by atomic mass is 9.67. The fraction of sp³-hybridized carbons (Fsp3) is 0.474. The third-order valence-corrected chi connectivity index (χ3v) is 4.84. The highest BCUT2D eigenvalue weighted by molar-refractivity contribution is 5.97. The molecule has 1 aromatic carbocycles. The Kier molecular flexibility index (Phi) is 4.41. The first-order valence-electron chi connectivity index (χ1n) is 8.17. The lowest BCUT2D eigenvalue weighted by molar-refractivity contribution is -0.147. The molecule has 0 aliphatic heterocycles. The van der Waals surface area contributed by atoms with Gasteiger partial charge in [-0.15, -0.1) is 0 Å². The molecule has 3 atom stereocenters. The van der Waals surface area contributed by atoms with E-state index in [2.05, 4.69) is 12.1 Å². The predicted molar refractivity (Wildman–Crippen MR) is 84.4 cm³/mol. The van der Waals surface area contributed by atoms with E-state index in [-0.39, 0.29) is 23.6 Å². The number of fused-ring (bicyclic) bond motifs is 1. The first-order chi connectivity index (χ1) is 10.7. The molecule has 0 aromatic heterocycles. The zero-order chi connectivity index (χ0) is 15.5. The molecule has 22 heavy (non-hydrogen) atoms. The van der Waals surface area contributed by atoms with Crippen LogP contribution in [0.2, 0.25) is 0 Å². The molecule has 0 N–H and O–H groups in total. The van der Waals surface area contributed by atoms with Gasteiger partial charge < -0.3 is 4.74 Å². The van der Waals surface area contributed by atoms with Gasteiger partial charge in [0.2, 0.25) is 0 Å². The Balaban J connectivity index is 1.97. The molecular formula is C19H22O3. The number of Topliss-reactive ketones (excluding diaryl/α,β-unsaturated/α-hetero) is 1. The minimum Gasteiger partial charge on any atom is -0.466 e. The van der Waals surface area contributed by atoms with Crippen molar-refractivity contribution in [3.8, 4) is 0 Å². The number of ketones is 1. The van der Waals surface area contributed by atoms with Crippen LogP contribution in [0.25, 0.3) is 0 Å². The minimum absolute atomic E-state index is 0.111. The van der Waals surface area contributed by atoms with Gasteiger partial charge in [-0.2, -0.15) is 0 Å². The number of allylic oxidation sites excluding steroid dienone is 1. The van der Waals surface area contributed by atoms with E-state index in [9.17, 15) is 9.59 Å². The Morgan fingerprint density at radius 2 is 2.05 bits per heavy atom. The summed E-state index contributed by atoms with van der Waals surface area (Å²) in [6.45, 7) is 2.19. The second-order valence-electron chi connectivity index (χ2n) is 6.17. The zero-order valence-corrected chi connectivity index (χ0v) is 13.0. The molecule has 0 saturated heterocycles. The van der Waals surface area contributed by atoms with Crippen molar-refractivity contribution < 1.29 is 14.3 Å². The van der Waals surface area contributed by atoms with Crippen LogP contribution >= 0.6 is 0 Å². The standard InChI is InChI=1S/C19H22O3/c1-2-22-19(21)17-12-16-14(9-6-10-18(16)20)11-15(17)13-7-4-3-5-8-13/h3-5,7-8,12,14-15,17H,2,6,9-11H2,1H3/t14-,15+,17-/m0/s1. The molecule has 0 bridgehead atoms. The first-order valence-corrected chi connectivity index (χ1v) is 8.17. The average molecular weight is 298 g/mol. The van der Waals surface area contributed by atoms with Crippen LogP contribution in [0.1, 0.15) is 44.1 Å². The number of esters is 1. The van der Waals surface area contributed by atoms with Gasteiger partial charge in [-0.3, -0.25) is 9.59 Å². The van der Waals surface area contributed by atoms with E-state index in [1.54, 1.807) is 0 Å². The van der Waals surface area contributed by atoms with Crippen molar-refractivity contribution in [1.29, 1.82) is 0 Å². The lowest BCUT2D eigenvalue weighted by Gasteiger charge is -2.36. The van der Waals surface area contributed by atoms with Gasteiger partial charge in [0.1, 0.15) is 0 Å². The van der Waals surface area contributed by atoms with Crippen LogP contribution in [0.5, 0.6) is 0 Å². The number of hydrogen-bond donors (Lipinski definition) is 0. The number of carbonyl (C=O) groups is 2. The molecule has 0 radical (unpaired) electrons. The Bertz CT molecular complexity index is 588. The SMILES string of the molecule is CCOC(=O)[C@H]1C=C2C(=O)CCC[C@H]2C[C@@H]1c1ccccc1. The van der Waals surface area contributed by atoms with Gasteiger partial charge in [0.25, 0.3) is 0 Å². The third kappa shape index (κ3) is 2.85. The van der Waals surface area contributed by atoms with Crippen molar-refractivity contribution in [1.82, 2.24) is 0 Å². The van der Waals surface area contributed by atoms with Crippen molar-refractivity contribution in [2.24, 2.45) is 11.8 Å². The summed E-state index contributed by atoms with van der Waals surface area (Å²) in [5, 5.41) is 0. The summed E-state index contributed by atoms with van der Waals surface area (Å²) in [6.07, 6.45) is 5.41. The highest BCUT2D eigenvalue weighted by atomic mass is 16.5. The molecule has 0 amide bonds. The fourth-order valence-electron chi connectivity index (χ4n) is 3.79. The summed E-state index contributed by atoms with van der Waals surface area (Å²) in [5.41, 5.74) is 2.03. The molecule has 3 rings (SSSR count). The van der Waals surface area contributed by atoms with Gasteiger partial charge in [0.05, 0.1) is 12.5 Å². The highest BCUT2D eigenvalue weighted by Crippen LogP contribution is 2.44. The highest BCUT2D eigenvalue weighted by Gasteiger charge is 2.39. The molecular weight excluding hydrogens is 276 g/mol. The van der Waals surface area contributed by atoms with Crippen molar-refractivity contribution >= 4 is 11.8 Å². The normalized spacial score (nSPS) is 27.8. The third-order valence-electron chi connectivity index (χ3n) is 4.84. The summed E-state index contributed by atoms with van der Waals surface area (Å²) in [7, 11) is 0. The summed E-state index contributed by atoms with van der Waals surface area (Å²) in [6, 6.07) is 10.1. The quantitative estimate of drug-likeness (QED) is 0.800. The van der Waals surface area contributed by atoms with E-state index in [0.29, 0.717) is 18.9 Å². The van der Waals surface area contributed by atoms with E-state index >= 15 is 0 Å². The average Bonchev–Trinajstić information content (AvgIpc) is 2.55. The number of ether oxygens (including phenoxy) is 1. The van der Waals surface area contributed by atoms with Crippen LogP contribution < -0.4 is 0 Å². The van der Waals surface area contributed by atoms with E-state index in [0.717, 1.165) is 30.4 Å². The van der Waals surface area contributed by atoms with Gasteiger partial charge >= 0.3 is 5.97 Å². The van der Waals surface area contributed by atoms with Crippen molar-refractivity contribution in [3.63, 3.8) is 0 Å². The second kappa shape index (κ2) is 6.47. The Morgan fingerprint density at radius 1 is 1.27 bits per heavy atom. The van der Waals surface area contributed by atoms with E-state index in [1.807, 2.05) is 31.2 Å². The van der Waals surface area contributed by atoms with Gasteiger partial charge in [-0.1, -0.05) is 36.4 Å². The molecule has 1 aromatic rings. The van der Waals surface area contributed by atoms with Gasteiger partial charge in [0, 0.05) is 12.3 Å². The largest absolute Gasteiger partial charge is 0.466 e. The maximum atomic E-state index is 12.4. The van der Waals surface area contributed by atoms with E-state index < -0.39 is 0 Å². The van der Waals surface area contributed by atoms with Crippen LogP contribution in [-0.2, 0) is 14.3 Å². The maximum absolute atomic E-state index is 12.4. The fourth-order valence-corrected chi connectivity index (χ4v) is 3.79. The summed E-state index contributed by atoms with van der Waals surface area (Å²) < 4.78 is 5.25. The lowest BCUT2D eigenvalue weighted by Crippen LogP contribution is -2.33. The molecule has 116 valence electrons. The Labute approximate surface area is 131 Å². The maximum Gasteiger partial charge on any atom is 0.313 e. The topological polar surface area (TPSA) is 43.4 Å². The van der Waals surface area contributed by atoms with Crippen LogP contribution in [0.15, 0.2) is 42.0 Å². The molecule has 1 fully saturated rings. The summed E-state index contributed by atoms with van der Waals surface area (Å²) >= 11 is 0. The van der Waals surface area contributed by atoms with Crippen molar-refractivity contribution in [2.45, 2.75) is 38.5 Å². The molecule has 2 aliphatic carbocycles. The first kappa shape index (κ1) is 15.0. The van der Waals surface area contributed by atoms with Crippen LogP contribution in [0.3, 0.4) is 0 Å². The number of rotatable bonds is 3.